The fourth-order valence-electron chi connectivity index (χ4n) is 4.64. The highest BCUT2D eigenvalue weighted by atomic mass is 19.1. The third-order valence-electron chi connectivity index (χ3n) is 6.17. The molecular weight excluding hydrogens is 333 g/mol. The molecule has 2 N–H and O–H groups in total. The summed E-state index contributed by atoms with van der Waals surface area (Å²) in [5, 5.41) is 13.7. The summed E-state index contributed by atoms with van der Waals surface area (Å²) in [5.41, 5.74) is 1.51. The van der Waals surface area contributed by atoms with Crippen LogP contribution in [0.15, 0.2) is 12.1 Å². The van der Waals surface area contributed by atoms with Crippen LogP contribution >= 0.6 is 0 Å². The third kappa shape index (κ3) is 3.03. The predicted octanol–water partition coefficient (Wildman–Crippen LogP) is 2.35. The predicted molar refractivity (Wildman–Crippen MR) is 99.8 cm³/mol. The maximum atomic E-state index is 15.1. The van der Waals surface area contributed by atoms with E-state index in [-0.39, 0.29) is 11.4 Å². The van der Waals surface area contributed by atoms with E-state index in [1.165, 1.54) is 0 Å². The zero-order valence-corrected chi connectivity index (χ0v) is 16.0. The van der Waals surface area contributed by atoms with E-state index >= 15 is 4.39 Å². The first-order valence-corrected chi connectivity index (χ1v) is 9.71. The molecule has 1 atom stereocenters. The zero-order chi connectivity index (χ0) is 18.5. The van der Waals surface area contributed by atoms with Gasteiger partial charge in [-0.15, -0.1) is 0 Å². The van der Waals surface area contributed by atoms with E-state index in [0.717, 1.165) is 45.0 Å². The Kier molecular flexibility index (Phi) is 4.50. The summed E-state index contributed by atoms with van der Waals surface area (Å²) in [6.07, 6.45) is 0.350. The molecule has 0 bridgehead atoms. The zero-order valence-electron chi connectivity index (χ0n) is 16.0. The summed E-state index contributed by atoms with van der Waals surface area (Å²) < 4.78 is 21.0. The smallest absolute Gasteiger partial charge is 0.182 e. The Morgan fingerprint density at radius 2 is 1.81 bits per heavy atom. The Morgan fingerprint density at radius 1 is 1.15 bits per heavy atom. The van der Waals surface area contributed by atoms with Crippen LogP contribution in [-0.2, 0) is 10.3 Å². The molecule has 4 rings (SSSR count). The van der Waals surface area contributed by atoms with E-state index < -0.39 is 11.9 Å². The molecule has 0 saturated carbocycles. The van der Waals surface area contributed by atoms with E-state index in [9.17, 15) is 5.11 Å². The molecule has 1 unspecified atom stereocenters. The summed E-state index contributed by atoms with van der Waals surface area (Å²) in [4.78, 5) is 4.67. The minimum absolute atomic E-state index is 0.153. The van der Waals surface area contributed by atoms with E-state index in [4.69, 9.17) is 4.74 Å². The molecule has 1 aromatic carbocycles. The second-order valence-electron chi connectivity index (χ2n) is 8.75. The number of piperidine rings is 1. The van der Waals surface area contributed by atoms with Crippen LogP contribution < -0.4 is 10.2 Å². The summed E-state index contributed by atoms with van der Waals surface area (Å²) in [7, 11) is 0. The second-order valence-corrected chi connectivity index (χ2v) is 8.75. The van der Waals surface area contributed by atoms with Crippen LogP contribution in [-0.4, -0.2) is 54.8 Å². The molecule has 5 nitrogen and oxygen atoms in total. The number of fused-ring (bicyclic) bond motifs is 2. The first-order chi connectivity index (χ1) is 12.3. The Bertz CT molecular complexity index is 674. The van der Waals surface area contributed by atoms with Crippen molar-refractivity contribution < 1.29 is 14.2 Å². The summed E-state index contributed by atoms with van der Waals surface area (Å²) >= 11 is 0. The average molecular weight is 363 g/mol. The molecular formula is C20H30FN3O2. The van der Waals surface area contributed by atoms with Crippen LogP contribution in [0.3, 0.4) is 0 Å². The Labute approximate surface area is 155 Å². The molecule has 0 aromatic heterocycles. The molecule has 1 spiro atoms. The van der Waals surface area contributed by atoms with Crippen LogP contribution in [0.1, 0.15) is 51.0 Å². The Hall–Kier alpha value is -1.21. The van der Waals surface area contributed by atoms with Gasteiger partial charge in [-0.3, -0.25) is 4.90 Å². The van der Waals surface area contributed by atoms with Gasteiger partial charge < -0.3 is 20.1 Å². The lowest BCUT2D eigenvalue weighted by atomic mass is 9.83. The van der Waals surface area contributed by atoms with Crippen molar-refractivity contribution >= 4 is 5.69 Å². The van der Waals surface area contributed by atoms with E-state index in [1.807, 2.05) is 6.07 Å². The number of rotatable bonds is 1. The van der Waals surface area contributed by atoms with Gasteiger partial charge in [0.1, 0.15) is 11.4 Å². The lowest BCUT2D eigenvalue weighted by molar-refractivity contribution is -0.182. The second kappa shape index (κ2) is 6.44. The maximum absolute atomic E-state index is 15.1. The lowest BCUT2D eigenvalue weighted by Crippen LogP contribution is -2.53. The topological polar surface area (TPSA) is 48.0 Å². The molecule has 0 aliphatic carbocycles. The number of anilines is 1. The van der Waals surface area contributed by atoms with Crippen LogP contribution in [0, 0.1) is 5.82 Å². The first-order valence-electron chi connectivity index (χ1n) is 9.71. The van der Waals surface area contributed by atoms with Gasteiger partial charge in [-0.1, -0.05) is 0 Å². The minimum Gasteiger partial charge on any atom is -0.369 e. The van der Waals surface area contributed by atoms with E-state index in [2.05, 4.69) is 35.9 Å². The van der Waals surface area contributed by atoms with Crippen molar-refractivity contribution in [2.45, 2.75) is 51.0 Å². The summed E-state index contributed by atoms with van der Waals surface area (Å²) in [5.74, 6) is -0.241. The number of aliphatic hydroxyl groups is 1. The van der Waals surface area contributed by atoms with Gasteiger partial charge in [0, 0.05) is 48.5 Å². The average Bonchev–Trinajstić information content (AvgIpc) is 2.87. The molecule has 3 aliphatic rings. The highest BCUT2D eigenvalue weighted by Gasteiger charge is 2.47. The molecule has 2 fully saturated rings. The molecule has 26 heavy (non-hydrogen) atoms. The standard InChI is InChI=1S/C20H30FN3O2/c1-19(2,3)24-10-8-23(9-11-24)14-12-15-17(16(21)13-14)20(26-18(15)25)4-6-22-7-5-20/h12-13,18,22,25H,4-11H2,1-3H3. The van der Waals surface area contributed by atoms with Crippen molar-refractivity contribution in [2.75, 3.05) is 44.2 Å². The maximum Gasteiger partial charge on any atom is 0.182 e. The molecule has 3 aliphatic heterocycles. The summed E-state index contributed by atoms with van der Waals surface area (Å²) in [6, 6.07) is 3.57. The first kappa shape index (κ1) is 18.2. The van der Waals surface area contributed by atoms with Gasteiger partial charge in [0.2, 0.25) is 0 Å². The number of piperazine rings is 1. The quantitative estimate of drug-likeness (QED) is 0.802. The van der Waals surface area contributed by atoms with Crippen molar-refractivity contribution in [1.29, 1.82) is 0 Å². The number of benzene rings is 1. The van der Waals surface area contributed by atoms with Gasteiger partial charge in [0.25, 0.3) is 0 Å². The molecule has 0 amide bonds. The lowest BCUT2D eigenvalue weighted by Gasteiger charge is -2.43. The molecule has 1 aromatic rings. The van der Waals surface area contributed by atoms with E-state index in [1.54, 1.807) is 6.07 Å². The molecule has 6 heteroatoms. The summed E-state index contributed by atoms with van der Waals surface area (Å²) in [6.45, 7) is 11.9. The van der Waals surface area contributed by atoms with Crippen LogP contribution in [0.25, 0.3) is 0 Å². The number of ether oxygens (including phenoxy) is 1. The fourth-order valence-corrected chi connectivity index (χ4v) is 4.64. The molecule has 2 saturated heterocycles. The SMILES string of the molecule is CC(C)(C)N1CCN(c2cc(F)c3c(c2)C(O)OC32CCNCC2)CC1. The van der Waals surface area contributed by atoms with Crippen LogP contribution in [0.4, 0.5) is 10.1 Å². The van der Waals surface area contributed by atoms with E-state index in [0.29, 0.717) is 24.0 Å². The highest BCUT2D eigenvalue weighted by molar-refractivity contribution is 5.55. The normalized spacial score (nSPS) is 26.3. The number of nitrogens with zero attached hydrogens (tertiary/aromatic N) is 2. The number of hydrogen-bond donors (Lipinski definition) is 2. The van der Waals surface area contributed by atoms with Crippen LogP contribution in [0.2, 0.25) is 0 Å². The van der Waals surface area contributed by atoms with Crippen molar-refractivity contribution in [2.24, 2.45) is 0 Å². The van der Waals surface area contributed by atoms with Gasteiger partial charge >= 0.3 is 0 Å². The largest absolute Gasteiger partial charge is 0.369 e. The minimum atomic E-state index is -1.03. The van der Waals surface area contributed by atoms with Gasteiger partial charge in [0.05, 0.1) is 0 Å². The monoisotopic (exact) mass is 363 g/mol. The number of hydrogen-bond acceptors (Lipinski definition) is 5. The number of halogens is 1. The molecule has 3 heterocycles. The fraction of sp³-hybridized carbons (Fsp3) is 0.700. The molecule has 144 valence electrons. The Morgan fingerprint density at radius 3 is 2.42 bits per heavy atom. The Balaban J connectivity index is 1.59. The van der Waals surface area contributed by atoms with Gasteiger partial charge in [0.15, 0.2) is 6.29 Å². The molecule has 0 radical (unpaired) electrons. The van der Waals surface area contributed by atoms with Crippen molar-refractivity contribution in [3.05, 3.63) is 29.1 Å². The van der Waals surface area contributed by atoms with Gasteiger partial charge in [-0.25, -0.2) is 4.39 Å². The van der Waals surface area contributed by atoms with Crippen molar-refractivity contribution in [3.8, 4) is 0 Å². The van der Waals surface area contributed by atoms with Crippen molar-refractivity contribution in [1.82, 2.24) is 10.2 Å². The third-order valence-corrected chi connectivity index (χ3v) is 6.17. The van der Waals surface area contributed by atoms with Crippen molar-refractivity contribution in [3.63, 3.8) is 0 Å². The van der Waals surface area contributed by atoms with Crippen LogP contribution in [0.5, 0.6) is 0 Å². The highest BCUT2D eigenvalue weighted by Crippen LogP contribution is 2.49. The van der Waals surface area contributed by atoms with Gasteiger partial charge in [-0.05, 0) is 58.8 Å². The number of aliphatic hydroxyl groups excluding tert-OH is 1. The number of nitrogens with one attached hydrogen (secondary N) is 1. The van der Waals surface area contributed by atoms with Gasteiger partial charge in [-0.2, -0.15) is 0 Å².